The molecule has 2 aromatic heterocycles. The minimum atomic E-state index is -0.410. The van der Waals surface area contributed by atoms with Gasteiger partial charge in [-0.3, -0.25) is 0 Å². The van der Waals surface area contributed by atoms with Crippen LogP contribution in [0.4, 0.5) is 12.0 Å². The number of nitrogen functional groups attached to an aromatic ring is 1. The van der Waals surface area contributed by atoms with Crippen molar-refractivity contribution in [3.8, 4) is 11.1 Å². The number of nitrogens with two attached hydrogens (primary N) is 1. The van der Waals surface area contributed by atoms with Gasteiger partial charge < -0.3 is 20.3 Å². The van der Waals surface area contributed by atoms with E-state index < -0.39 is 5.41 Å². The predicted octanol–water partition coefficient (Wildman–Crippen LogP) is 4.06. The topological polar surface area (TPSA) is 114 Å². The number of aliphatic hydroxyl groups excluding tert-OH is 1. The quantitative estimate of drug-likeness (QED) is 0.613. The van der Waals surface area contributed by atoms with Crippen molar-refractivity contribution in [3.05, 3.63) is 48.0 Å². The molecule has 3 N–H and O–H groups in total. The van der Waals surface area contributed by atoms with E-state index in [1.54, 1.807) is 12.4 Å². The summed E-state index contributed by atoms with van der Waals surface area (Å²) in [6, 6.07) is 8.83. The van der Waals surface area contributed by atoms with Gasteiger partial charge in [0.15, 0.2) is 5.82 Å². The molecule has 0 aliphatic carbocycles. The van der Waals surface area contributed by atoms with Gasteiger partial charge in [0.1, 0.15) is 0 Å². The summed E-state index contributed by atoms with van der Waals surface area (Å²) in [6.45, 7) is 11.9. The van der Waals surface area contributed by atoms with Gasteiger partial charge in [-0.05, 0) is 36.8 Å². The normalized spacial score (nSPS) is 16.4. The molecule has 32 heavy (non-hydrogen) atoms. The molecule has 0 unspecified atom stereocenters. The largest absolute Gasteiger partial charge is 0.393 e. The van der Waals surface area contributed by atoms with Crippen molar-refractivity contribution in [1.29, 1.82) is 0 Å². The van der Waals surface area contributed by atoms with Gasteiger partial charge in [-0.2, -0.15) is 4.98 Å². The molecule has 3 heterocycles. The lowest BCUT2D eigenvalue weighted by atomic mass is 9.72. The number of rotatable bonds is 5. The molecule has 0 saturated carbocycles. The SMILES string of the molecule is CC.CC(C)[C@](C)(c1ccc(-c2cnc(N)nc2)cc1)c1noc(N2CCC(O)CC2)n1. The molecular weight excluding hydrogens is 404 g/mol. The number of anilines is 2. The van der Waals surface area contributed by atoms with Crippen LogP contribution >= 0.6 is 0 Å². The second kappa shape index (κ2) is 10.1. The summed E-state index contributed by atoms with van der Waals surface area (Å²) >= 11 is 0. The van der Waals surface area contributed by atoms with Gasteiger partial charge in [0.05, 0.1) is 11.5 Å². The molecule has 4 rings (SSSR count). The summed E-state index contributed by atoms with van der Waals surface area (Å²) in [4.78, 5) is 14.9. The number of benzene rings is 1. The Morgan fingerprint density at radius 1 is 1.06 bits per heavy atom. The maximum Gasteiger partial charge on any atom is 0.324 e. The molecule has 8 nitrogen and oxygen atoms in total. The molecule has 1 fully saturated rings. The third-order valence-corrected chi connectivity index (χ3v) is 6.26. The van der Waals surface area contributed by atoms with E-state index in [0.717, 1.165) is 42.6 Å². The van der Waals surface area contributed by atoms with Crippen LogP contribution in [0.15, 0.2) is 41.2 Å². The van der Waals surface area contributed by atoms with Gasteiger partial charge in [-0.1, -0.05) is 57.1 Å². The highest BCUT2D eigenvalue weighted by molar-refractivity contribution is 5.62. The Kier molecular flexibility index (Phi) is 7.45. The molecule has 0 radical (unpaired) electrons. The summed E-state index contributed by atoms with van der Waals surface area (Å²) < 4.78 is 5.62. The molecular formula is C24H34N6O2. The van der Waals surface area contributed by atoms with Crippen LogP contribution in [-0.4, -0.2) is 44.4 Å². The first-order chi connectivity index (χ1) is 15.4. The van der Waals surface area contributed by atoms with Gasteiger partial charge in [0, 0.05) is 31.0 Å². The molecule has 1 saturated heterocycles. The third-order valence-electron chi connectivity index (χ3n) is 6.26. The minimum absolute atomic E-state index is 0.241. The molecule has 0 amide bonds. The smallest absolute Gasteiger partial charge is 0.324 e. The van der Waals surface area contributed by atoms with Crippen LogP contribution < -0.4 is 10.6 Å². The zero-order chi connectivity index (χ0) is 23.3. The van der Waals surface area contributed by atoms with E-state index in [-0.39, 0.29) is 18.0 Å². The molecule has 1 aliphatic rings. The summed E-state index contributed by atoms with van der Waals surface area (Å²) in [5, 5.41) is 14.1. The first-order valence-electron chi connectivity index (χ1n) is 11.3. The van der Waals surface area contributed by atoms with Crippen molar-refractivity contribution in [2.75, 3.05) is 23.7 Å². The maximum atomic E-state index is 9.74. The summed E-state index contributed by atoms with van der Waals surface area (Å²) in [5.41, 5.74) is 8.22. The Balaban J connectivity index is 0.00000141. The van der Waals surface area contributed by atoms with Crippen LogP contribution in [0, 0.1) is 5.92 Å². The highest BCUT2D eigenvalue weighted by Gasteiger charge is 2.38. The highest BCUT2D eigenvalue weighted by atomic mass is 16.5. The summed E-state index contributed by atoms with van der Waals surface area (Å²) in [6.07, 6.45) is 4.64. The first kappa shape index (κ1) is 23.7. The maximum absolute atomic E-state index is 9.74. The Morgan fingerprint density at radius 2 is 1.66 bits per heavy atom. The van der Waals surface area contributed by atoms with Gasteiger partial charge in [0.2, 0.25) is 5.95 Å². The number of nitrogens with zero attached hydrogens (tertiary/aromatic N) is 5. The fourth-order valence-corrected chi connectivity index (χ4v) is 3.83. The molecule has 1 aromatic carbocycles. The number of hydrogen-bond acceptors (Lipinski definition) is 8. The monoisotopic (exact) mass is 438 g/mol. The van der Waals surface area contributed by atoms with E-state index in [1.165, 1.54) is 0 Å². The lowest BCUT2D eigenvalue weighted by Gasteiger charge is -2.31. The van der Waals surface area contributed by atoms with Crippen molar-refractivity contribution in [1.82, 2.24) is 20.1 Å². The standard InChI is InChI=1S/C22H28N6O2.C2H6/c1-14(2)22(3,19-26-21(30-27-19)28-10-8-18(29)9-11-28)17-6-4-15(5-7-17)16-12-24-20(23)25-13-16;1-2/h4-7,12-14,18,29H,8-11H2,1-3H3,(H2,23,24,25);1-2H3/t22-;/m1./s1. The highest BCUT2D eigenvalue weighted by Crippen LogP contribution is 2.39. The Labute approximate surface area is 189 Å². The number of aliphatic hydroxyl groups is 1. The van der Waals surface area contributed by atoms with Gasteiger partial charge in [-0.25, -0.2) is 9.97 Å². The predicted molar refractivity (Wildman–Crippen MR) is 126 cm³/mol. The molecule has 1 atom stereocenters. The van der Waals surface area contributed by atoms with Gasteiger partial charge in [0.25, 0.3) is 0 Å². The zero-order valence-electron chi connectivity index (χ0n) is 19.6. The van der Waals surface area contributed by atoms with Crippen LogP contribution in [-0.2, 0) is 5.41 Å². The van der Waals surface area contributed by atoms with Crippen molar-refractivity contribution in [2.24, 2.45) is 5.92 Å². The first-order valence-corrected chi connectivity index (χ1v) is 11.3. The van der Waals surface area contributed by atoms with E-state index in [2.05, 4.69) is 60.2 Å². The molecule has 8 heteroatoms. The van der Waals surface area contributed by atoms with E-state index in [4.69, 9.17) is 15.2 Å². The van der Waals surface area contributed by atoms with Crippen molar-refractivity contribution in [2.45, 2.75) is 59.0 Å². The summed E-state index contributed by atoms with van der Waals surface area (Å²) in [5.74, 6) is 1.18. The second-order valence-corrected chi connectivity index (χ2v) is 8.38. The lowest BCUT2D eigenvalue weighted by molar-refractivity contribution is 0.143. The van der Waals surface area contributed by atoms with Crippen LogP contribution in [0.25, 0.3) is 11.1 Å². The van der Waals surface area contributed by atoms with Crippen LogP contribution in [0.5, 0.6) is 0 Å². The molecule has 0 bridgehead atoms. The van der Waals surface area contributed by atoms with Crippen molar-refractivity contribution < 1.29 is 9.63 Å². The fraction of sp³-hybridized carbons (Fsp3) is 0.500. The lowest BCUT2D eigenvalue weighted by Crippen LogP contribution is -2.36. The van der Waals surface area contributed by atoms with Crippen molar-refractivity contribution >= 4 is 12.0 Å². The zero-order valence-corrected chi connectivity index (χ0v) is 19.6. The van der Waals surface area contributed by atoms with Crippen LogP contribution in [0.2, 0.25) is 0 Å². The van der Waals surface area contributed by atoms with Gasteiger partial charge in [-0.15, -0.1) is 0 Å². The van der Waals surface area contributed by atoms with E-state index in [0.29, 0.717) is 11.8 Å². The Hall–Kier alpha value is -3.00. The average molecular weight is 439 g/mol. The van der Waals surface area contributed by atoms with E-state index in [9.17, 15) is 5.11 Å². The van der Waals surface area contributed by atoms with E-state index in [1.807, 2.05) is 18.7 Å². The fourth-order valence-electron chi connectivity index (χ4n) is 3.83. The number of piperidine rings is 1. The Morgan fingerprint density at radius 3 is 2.22 bits per heavy atom. The van der Waals surface area contributed by atoms with Crippen LogP contribution in [0.1, 0.15) is 58.8 Å². The average Bonchev–Trinajstić information content (AvgIpc) is 3.31. The molecule has 3 aromatic rings. The molecule has 1 aliphatic heterocycles. The number of hydrogen-bond donors (Lipinski definition) is 2. The minimum Gasteiger partial charge on any atom is -0.393 e. The second-order valence-electron chi connectivity index (χ2n) is 8.38. The molecule has 0 spiro atoms. The third kappa shape index (κ3) is 4.75. The van der Waals surface area contributed by atoms with E-state index >= 15 is 0 Å². The van der Waals surface area contributed by atoms with Gasteiger partial charge >= 0.3 is 6.01 Å². The Bertz CT molecular complexity index is 978. The van der Waals surface area contributed by atoms with Crippen molar-refractivity contribution in [3.63, 3.8) is 0 Å². The molecule has 172 valence electrons. The number of aromatic nitrogens is 4. The van der Waals surface area contributed by atoms with Crippen LogP contribution in [0.3, 0.4) is 0 Å². The summed E-state index contributed by atoms with van der Waals surface area (Å²) in [7, 11) is 0.